The molecule has 142 valence electrons. The second-order valence-corrected chi connectivity index (χ2v) is 7.29. The summed E-state index contributed by atoms with van der Waals surface area (Å²) in [6, 6.07) is 11.1. The number of amides is 2. The van der Waals surface area contributed by atoms with Crippen molar-refractivity contribution in [2.24, 2.45) is 11.7 Å². The van der Waals surface area contributed by atoms with Crippen LogP contribution < -0.4 is 16.0 Å². The number of nitrogens with zero attached hydrogens (tertiary/aromatic N) is 3. The van der Waals surface area contributed by atoms with Gasteiger partial charge in [-0.05, 0) is 61.1 Å². The monoisotopic (exact) mass is 375 g/mol. The Morgan fingerprint density at radius 2 is 1.96 bits per heavy atom. The van der Waals surface area contributed by atoms with E-state index in [1.54, 1.807) is 18.3 Å². The number of carbonyl (C=O) groups is 2. The minimum absolute atomic E-state index is 0.00392. The first kappa shape index (κ1) is 18.0. The van der Waals surface area contributed by atoms with E-state index in [1.165, 1.54) is 0 Å². The molecule has 7 heteroatoms. The summed E-state index contributed by atoms with van der Waals surface area (Å²) < 4.78 is 0. The Hall–Kier alpha value is -3.40. The minimum Gasteiger partial charge on any atom is -0.368 e. The van der Waals surface area contributed by atoms with Gasteiger partial charge in [0.15, 0.2) is 0 Å². The number of carbonyl (C=O) groups excluding carboxylic acids is 2. The van der Waals surface area contributed by atoms with Crippen LogP contribution in [0.4, 0.5) is 11.5 Å². The molecule has 1 atom stereocenters. The van der Waals surface area contributed by atoms with E-state index in [-0.39, 0.29) is 23.8 Å². The van der Waals surface area contributed by atoms with E-state index in [4.69, 9.17) is 5.73 Å². The lowest BCUT2D eigenvalue weighted by molar-refractivity contribution is -0.119. The molecule has 1 aliphatic heterocycles. The van der Waals surface area contributed by atoms with Crippen LogP contribution in [0.1, 0.15) is 31.2 Å². The van der Waals surface area contributed by atoms with Gasteiger partial charge in [-0.15, -0.1) is 0 Å². The third-order valence-electron chi connectivity index (χ3n) is 5.30. The van der Waals surface area contributed by atoms with Gasteiger partial charge in [-0.2, -0.15) is 5.26 Å². The van der Waals surface area contributed by atoms with Gasteiger partial charge in [-0.3, -0.25) is 9.59 Å². The molecule has 0 radical (unpaired) electrons. The van der Waals surface area contributed by atoms with Crippen molar-refractivity contribution in [3.05, 3.63) is 42.1 Å². The smallest absolute Gasteiger partial charge is 0.240 e. The van der Waals surface area contributed by atoms with E-state index in [9.17, 15) is 14.9 Å². The third kappa shape index (κ3) is 3.54. The number of hydrogen-bond acceptors (Lipinski definition) is 5. The fourth-order valence-electron chi connectivity index (χ4n) is 3.66. The molecule has 1 aromatic heterocycles. The first-order valence-corrected chi connectivity index (χ1v) is 9.44. The Kier molecular flexibility index (Phi) is 4.70. The minimum atomic E-state index is -0.372. The third-order valence-corrected chi connectivity index (χ3v) is 5.30. The number of aromatic nitrogens is 1. The van der Waals surface area contributed by atoms with Gasteiger partial charge in [0.25, 0.3) is 0 Å². The maximum atomic E-state index is 12.0. The van der Waals surface area contributed by atoms with Crippen molar-refractivity contribution in [3.63, 3.8) is 0 Å². The number of primary amides is 1. The van der Waals surface area contributed by atoms with E-state index in [0.29, 0.717) is 24.3 Å². The average Bonchev–Trinajstić information content (AvgIpc) is 3.44. The van der Waals surface area contributed by atoms with Gasteiger partial charge in [-0.25, -0.2) is 4.98 Å². The van der Waals surface area contributed by atoms with Crippen LogP contribution >= 0.6 is 0 Å². The predicted octanol–water partition coefficient (Wildman–Crippen LogP) is 2.42. The number of anilines is 2. The lowest BCUT2D eigenvalue weighted by atomic mass is 10.0. The van der Waals surface area contributed by atoms with Crippen LogP contribution in [0, 0.1) is 17.2 Å². The molecule has 2 heterocycles. The number of hydrogen-bond donors (Lipinski definition) is 2. The van der Waals surface area contributed by atoms with Gasteiger partial charge in [0, 0.05) is 18.7 Å². The van der Waals surface area contributed by atoms with E-state index in [0.717, 1.165) is 36.1 Å². The molecule has 2 aliphatic rings. The Morgan fingerprint density at radius 1 is 1.18 bits per heavy atom. The highest BCUT2D eigenvalue weighted by atomic mass is 16.2. The van der Waals surface area contributed by atoms with E-state index in [1.807, 2.05) is 23.1 Å². The van der Waals surface area contributed by atoms with Crippen LogP contribution in [-0.2, 0) is 9.59 Å². The Bertz CT molecular complexity index is 977. The van der Waals surface area contributed by atoms with Crippen molar-refractivity contribution in [1.29, 1.82) is 5.26 Å². The lowest BCUT2D eigenvalue weighted by Crippen LogP contribution is -2.40. The van der Waals surface area contributed by atoms with Crippen molar-refractivity contribution in [2.45, 2.75) is 31.7 Å². The highest BCUT2D eigenvalue weighted by Gasteiger charge is 2.31. The van der Waals surface area contributed by atoms with Crippen LogP contribution in [0.5, 0.6) is 0 Å². The summed E-state index contributed by atoms with van der Waals surface area (Å²) in [5.41, 5.74) is 8.44. The zero-order valence-corrected chi connectivity index (χ0v) is 15.4. The van der Waals surface area contributed by atoms with Gasteiger partial charge >= 0.3 is 0 Å². The SMILES string of the molecule is N#Cc1cc(-c2ccnc(NC(=O)C3CC3)c2)ccc1N1CCC[C@@H]1C(N)=O. The van der Waals surface area contributed by atoms with Crippen LogP contribution in [0.15, 0.2) is 36.5 Å². The van der Waals surface area contributed by atoms with Crippen LogP contribution in [0.3, 0.4) is 0 Å². The van der Waals surface area contributed by atoms with E-state index in [2.05, 4.69) is 16.4 Å². The summed E-state index contributed by atoms with van der Waals surface area (Å²) in [5, 5.41) is 12.5. The first-order valence-electron chi connectivity index (χ1n) is 9.44. The maximum absolute atomic E-state index is 12.0. The Morgan fingerprint density at radius 3 is 2.68 bits per heavy atom. The summed E-state index contributed by atoms with van der Waals surface area (Å²) in [6.45, 7) is 0.703. The molecule has 2 amide bonds. The summed E-state index contributed by atoms with van der Waals surface area (Å²) in [6.07, 6.45) is 5.08. The summed E-state index contributed by atoms with van der Waals surface area (Å²) >= 11 is 0. The van der Waals surface area contributed by atoms with Crippen LogP contribution in [0.2, 0.25) is 0 Å². The molecular formula is C21H21N5O2. The largest absolute Gasteiger partial charge is 0.368 e. The number of nitrogens with one attached hydrogen (secondary N) is 1. The number of nitrogens with two attached hydrogens (primary N) is 1. The highest BCUT2D eigenvalue weighted by Crippen LogP contribution is 2.33. The maximum Gasteiger partial charge on any atom is 0.240 e. The standard InChI is InChI=1S/C21H21N5O2/c22-12-16-10-14(5-6-17(16)26-9-1-2-18(26)20(23)27)15-7-8-24-19(11-15)25-21(28)13-3-4-13/h5-8,10-11,13,18H,1-4,9H2,(H2,23,27)(H,24,25,28)/t18-/m1/s1. The molecule has 1 aliphatic carbocycles. The first-order chi connectivity index (χ1) is 13.6. The molecule has 0 bridgehead atoms. The molecule has 28 heavy (non-hydrogen) atoms. The predicted molar refractivity (Wildman–Crippen MR) is 105 cm³/mol. The molecule has 2 aromatic rings. The van der Waals surface area contributed by atoms with Crippen molar-refractivity contribution < 1.29 is 9.59 Å². The molecule has 0 spiro atoms. The molecule has 3 N–H and O–H groups in total. The van der Waals surface area contributed by atoms with Gasteiger partial charge in [0.1, 0.15) is 17.9 Å². The van der Waals surface area contributed by atoms with E-state index < -0.39 is 0 Å². The molecule has 4 rings (SSSR count). The van der Waals surface area contributed by atoms with Gasteiger partial charge in [-0.1, -0.05) is 6.07 Å². The topological polar surface area (TPSA) is 112 Å². The number of rotatable bonds is 5. The zero-order chi connectivity index (χ0) is 19.7. The fourth-order valence-corrected chi connectivity index (χ4v) is 3.66. The van der Waals surface area contributed by atoms with Crippen LogP contribution in [0.25, 0.3) is 11.1 Å². The number of benzene rings is 1. The molecule has 1 saturated carbocycles. The molecule has 2 fully saturated rings. The summed E-state index contributed by atoms with van der Waals surface area (Å²) in [7, 11) is 0. The summed E-state index contributed by atoms with van der Waals surface area (Å²) in [5.74, 6) is 0.249. The molecule has 7 nitrogen and oxygen atoms in total. The molecular weight excluding hydrogens is 354 g/mol. The van der Waals surface area contributed by atoms with Gasteiger partial charge in [0.05, 0.1) is 11.3 Å². The van der Waals surface area contributed by atoms with Crippen LogP contribution in [-0.4, -0.2) is 29.4 Å². The summed E-state index contributed by atoms with van der Waals surface area (Å²) in [4.78, 5) is 29.8. The van der Waals surface area contributed by atoms with Crippen molar-refractivity contribution in [1.82, 2.24) is 4.98 Å². The average molecular weight is 375 g/mol. The normalized spacial score (nSPS) is 18.5. The number of nitriles is 1. The molecule has 1 saturated heterocycles. The zero-order valence-electron chi connectivity index (χ0n) is 15.4. The second kappa shape index (κ2) is 7.31. The fraction of sp³-hybridized carbons (Fsp3) is 0.333. The quantitative estimate of drug-likeness (QED) is 0.833. The highest BCUT2D eigenvalue weighted by molar-refractivity contribution is 5.93. The number of pyridine rings is 1. The van der Waals surface area contributed by atoms with Gasteiger partial charge in [0.2, 0.25) is 11.8 Å². The van der Waals surface area contributed by atoms with Crippen molar-refractivity contribution >= 4 is 23.3 Å². The Labute approximate surface area is 163 Å². The van der Waals surface area contributed by atoms with Crippen molar-refractivity contribution in [3.8, 4) is 17.2 Å². The van der Waals surface area contributed by atoms with E-state index >= 15 is 0 Å². The van der Waals surface area contributed by atoms with Crippen molar-refractivity contribution in [2.75, 3.05) is 16.8 Å². The molecule has 0 unspecified atom stereocenters. The second-order valence-electron chi connectivity index (χ2n) is 7.29. The Balaban J connectivity index is 1.62. The van der Waals surface area contributed by atoms with Gasteiger partial charge < -0.3 is 16.0 Å². The lowest BCUT2D eigenvalue weighted by Gasteiger charge is -2.25. The molecule has 1 aromatic carbocycles.